The van der Waals surface area contributed by atoms with Gasteiger partial charge in [-0.05, 0) is 0 Å². The molecule has 0 fully saturated rings. The molecule has 0 spiro atoms. The van der Waals surface area contributed by atoms with E-state index in [0.717, 1.165) is 22.7 Å². The van der Waals surface area contributed by atoms with Crippen LogP contribution in [0.1, 0.15) is 0 Å². The molecule has 4 heterocycles. The van der Waals surface area contributed by atoms with Crippen molar-refractivity contribution in [1.29, 1.82) is 0 Å². The molecule has 8 heteroatoms. The zero-order valence-electron chi connectivity index (χ0n) is 10.8. The summed E-state index contributed by atoms with van der Waals surface area (Å²) in [5.41, 5.74) is 2.36. The van der Waals surface area contributed by atoms with E-state index in [1.54, 1.807) is 24.8 Å². The van der Waals surface area contributed by atoms with Gasteiger partial charge in [0.1, 0.15) is 17.8 Å². The summed E-state index contributed by atoms with van der Waals surface area (Å²) in [5, 5.41) is 9.92. The summed E-state index contributed by atoms with van der Waals surface area (Å²) in [7, 11) is 0. The Hall–Kier alpha value is -3.29. The Morgan fingerprint density at radius 3 is 2.86 bits per heavy atom. The smallest absolute Gasteiger partial charge is 0.214 e. The van der Waals surface area contributed by atoms with Gasteiger partial charge in [0.25, 0.3) is 0 Å². The number of aromatic amines is 1. The molecule has 21 heavy (non-hydrogen) atoms. The number of hydrogen-bond acceptors (Lipinski definition) is 6. The summed E-state index contributed by atoms with van der Waals surface area (Å²) in [6, 6.07) is 3.71. The summed E-state index contributed by atoms with van der Waals surface area (Å²) in [6.07, 6.45) is 10.2. The number of hydrogen-bond donors (Lipinski definition) is 2. The molecule has 0 aromatic carbocycles. The zero-order chi connectivity index (χ0) is 14.1. The topological polar surface area (TPSA) is 96.7 Å². The van der Waals surface area contributed by atoms with Gasteiger partial charge in [-0.25, -0.2) is 19.9 Å². The third kappa shape index (κ3) is 2.08. The molecule has 0 aliphatic carbocycles. The van der Waals surface area contributed by atoms with Crippen molar-refractivity contribution in [2.24, 2.45) is 0 Å². The van der Waals surface area contributed by atoms with Crippen LogP contribution in [0.4, 0.5) is 11.8 Å². The molecular formula is C13H10N8. The lowest BCUT2D eigenvalue weighted by Crippen LogP contribution is -2.03. The molecule has 0 aliphatic rings. The number of H-pyrrole nitrogens is 1. The van der Waals surface area contributed by atoms with Crippen molar-refractivity contribution < 1.29 is 0 Å². The third-order valence-electron chi connectivity index (χ3n) is 2.99. The first kappa shape index (κ1) is 11.5. The van der Waals surface area contributed by atoms with E-state index < -0.39 is 0 Å². The highest BCUT2D eigenvalue weighted by atomic mass is 15.2. The number of imidazole rings is 1. The number of anilines is 2. The molecule has 0 bridgehead atoms. The highest BCUT2D eigenvalue weighted by molar-refractivity contribution is 5.66. The van der Waals surface area contributed by atoms with E-state index in [4.69, 9.17) is 0 Å². The van der Waals surface area contributed by atoms with Gasteiger partial charge in [0.15, 0.2) is 0 Å². The minimum Gasteiger partial charge on any atom is -0.310 e. The van der Waals surface area contributed by atoms with Crippen molar-refractivity contribution in [1.82, 2.24) is 34.5 Å². The van der Waals surface area contributed by atoms with E-state index in [2.05, 4.69) is 35.5 Å². The first-order chi connectivity index (χ1) is 10.4. The van der Waals surface area contributed by atoms with Gasteiger partial charge >= 0.3 is 0 Å². The third-order valence-corrected chi connectivity index (χ3v) is 2.99. The van der Waals surface area contributed by atoms with E-state index in [-0.39, 0.29) is 0 Å². The monoisotopic (exact) mass is 278 g/mol. The second kappa shape index (κ2) is 4.67. The Morgan fingerprint density at radius 1 is 1.14 bits per heavy atom. The minimum atomic E-state index is 0.633. The Bertz CT molecular complexity index is 866. The summed E-state index contributed by atoms with van der Waals surface area (Å²) in [4.78, 5) is 17.0. The lowest BCUT2D eigenvalue weighted by atomic mass is 10.2. The summed E-state index contributed by atoms with van der Waals surface area (Å²) in [6.45, 7) is 0. The Labute approximate surface area is 118 Å². The van der Waals surface area contributed by atoms with Crippen molar-refractivity contribution in [3.8, 4) is 11.3 Å². The number of nitrogens with zero attached hydrogens (tertiary/aromatic N) is 6. The molecule has 4 aromatic heterocycles. The number of fused-ring (bicyclic) bond motifs is 1. The van der Waals surface area contributed by atoms with Crippen LogP contribution < -0.4 is 5.32 Å². The molecular weight excluding hydrogens is 268 g/mol. The predicted octanol–water partition coefficient (Wildman–Crippen LogP) is 1.65. The maximum atomic E-state index is 4.60. The van der Waals surface area contributed by atoms with Crippen molar-refractivity contribution in [2.45, 2.75) is 0 Å². The van der Waals surface area contributed by atoms with Gasteiger partial charge in [0.05, 0.1) is 11.9 Å². The van der Waals surface area contributed by atoms with Crippen LogP contribution in [0.2, 0.25) is 0 Å². The quantitative estimate of drug-likeness (QED) is 0.591. The van der Waals surface area contributed by atoms with Crippen molar-refractivity contribution in [3.63, 3.8) is 0 Å². The molecule has 0 unspecified atom stereocenters. The Balaban J connectivity index is 1.86. The molecule has 2 N–H and O–H groups in total. The SMILES string of the molecule is c1ncc(-c2cc3nccn3c(Nc3ccn[nH]3)n2)cn1. The molecule has 4 rings (SSSR count). The number of rotatable bonds is 3. The molecule has 0 atom stereocenters. The van der Waals surface area contributed by atoms with Gasteiger partial charge in [-0.3, -0.25) is 9.50 Å². The van der Waals surface area contributed by atoms with Crippen LogP contribution in [0.15, 0.2) is 49.4 Å². The van der Waals surface area contributed by atoms with Gasteiger partial charge in [-0.2, -0.15) is 5.10 Å². The Kier molecular flexibility index (Phi) is 2.57. The maximum absolute atomic E-state index is 4.60. The van der Waals surface area contributed by atoms with Crippen LogP contribution >= 0.6 is 0 Å². The Morgan fingerprint density at radius 2 is 2.05 bits per heavy atom. The van der Waals surface area contributed by atoms with Crippen molar-refractivity contribution >= 4 is 17.4 Å². The average Bonchev–Trinajstić information content (AvgIpc) is 3.19. The van der Waals surface area contributed by atoms with Crippen molar-refractivity contribution in [2.75, 3.05) is 5.32 Å². The van der Waals surface area contributed by atoms with Crippen LogP contribution in [-0.4, -0.2) is 34.5 Å². The fourth-order valence-corrected chi connectivity index (χ4v) is 2.04. The van der Waals surface area contributed by atoms with Gasteiger partial charge in [-0.1, -0.05) is 0 Å². The number of aromatic nitrogens is 7. The van der Waals surface area contributed by atoms with Gasteiger partial charge in [-0.15, -0.1) is 0 Å². The molecule has 102 valence electrons. The average molecular weight is 278 g/mol. The van der Waals surface area contributed by atoms with Gasteiger partial charge in [0.2, 0.25) is 5.95 Å². The maximum Gasteiger partial charge on any atom is 0.214 e. The number of nitrogens with one attached hydrogen (secondary N) is 2. The standard InChI is InChI=1S/C13H10N8/c1-2-17-20-11(1)19-13-18-10(9-6-14-8-15-7-9)5-12-16-3-4-21(12)13/h1-8H,(H2,17,18,19,20). The summed E-state index contributed by atoms with van der Waals surface area (Å²) >= 11 is 0. The lowest BCUT2D eigenvalue weighted by Gasteiger charge is -2.08. The van der Waals surface area contributed by atoms with Gasteiger partial charge in [0, 0.05) is 42.5 Å². The van der Waals surface area contributed by atoms with E-state index in [1.165, 1.54) is 6.33 Å². The van der Waals surface area contributed by atoms with E-state index in [1.807, 2.05) is 22.7 Å². The first-order valence-electron chi connectivity index (χ1n) is 6.26. The molecule has 0 saturated carbocycles. The summed E-state index contributed by atoms with van der Waals surface area (Å²) in [5.74, 6) is 1.38. The highest BCUT2D eigenvalue weighted by Gasteiger charge is 2.09. The van der Waals surface area contributed by atoms with Gasteiger partial charge < -0.3 is 5.32 Å². The van der Waals surface area contributed by atoms with E-state index in [9.17, 15) is 0 Å². The fourth-order valence-electron chi connectivity index (χ4n) is 2.04. The fraction of sp³-hybridized carbons (Fsp3) is 0. The molecule has 8 nitrogen and oxygen atoms in total. The van der Waals surface area contributed by atoms with Crippen LogP contribution in [0.3, 0.4) is 0 Å². The van der Waals surface area contributed by atoms with Crippen LogP contribution in [0.25, 0.3) is 16.9 Å². The van der Waals surface area contributed by atoms with E-state index in [0.29, 0.717) is 5.95 Å². The second-order valence-corrected chi connectivity index (χ2v) is 4.34. The molecule has 0 aliphatic heterocycles. The molecule has 4 aromatic rings. The van der Waals surface area contributed by atoms with E-state index >= 15 is 0 Å². The predicted molar refractivity (Wildman–Crippen MR) is 75.9 cm³/mol. The molecule has 0 radical (unpaired) electrons. The zero-order valence-corrected chi connectivity index (χ0v) is 10.8. The first-order valence-corrected chi connectivity index (χ1v) is 6.26. The normalized spacial score (nSPS) is 10.9. The lowest BCUT2D eigenvalue weighted by molar-refractivity contribution is 1.05. The van der Waals surface area contributed by atoms with Crippen LogP contribution in [0, 0.1) is 0 Å². The second-order valence-electron chi connectivity index (χ2n) is 4.34. The van der Waals surface area contributed by atoms with Crippen LogP contribution in [-0.2, 0) is 0 Å². The molecule has 0 saturated heterocycles. The highest BCUT2D eigenvalue weighted by Crippen LogP contribution is 2.21. The largest absolute Gasteiger partial charge is 0.310 e. The van der Waals surface area contributed by atoms with Crippen LogP contribution in [0.5, 0.6) is 0 Å². The van der Waals surface area contributed by atoms with Crippen molar-refractivity contribution in [3.05, 3.63) is 49.4 Å². The molecule has 0 amide bonds. The minimum absolute atomic E-state index is 0.633. The summed E-state index contributed by atoms with van der Waals surface area (Å²) < 4.78 is 1.86.